The van der Waals surface area contributed by atoms with Crippen LogP contribution in [0, 0.1) is 11.3 Å². The number of benzene rings is 1. The molecule has 0 atom stereocenters. The third-order valence-electron chi connectivity index (χ3n) is 2.38. The Kier molecular flexibility index (Phi) is 3.11. The van der Waals surface area contributed by atoms with Gasteiger partial charge in [0.05, 0.1) is 11.6 Å². The summed E-state index contributed by atoms with van der Waals surface area (Å²) < 4.78 is 10.9. The molecule has 1 aliphatic rings. The lowest BCUT2D eigenvalue weighted by Gasteiger charge is -2.18. The summed E-state index contributed by atoms with van der Waals surface area (Å²) in [5, 5.41) is 9.02. The molecule has 82 valence electrons. The highest BCUT2D eigenvalue weighted by Gasteiger charge is 2.12. The highest BCUT2D eigenvalue weighted by molar-refractivity contribution is 5.78. The molecule has 0 amide bonds. The molecule has 16 heavy (non-hydrogen) atoms. The quantitative estimate of drug-likeness (QED) is 0.712. The second-order valence-electron chi connectivity index (χ2n) is 3.50. The van der Waals surface area contributed by atoms with Gasteiger partial charge in [0, 0.05) is 0 Å². The minimum Gasteiger partial charge on any atom is -0.486 e. The Hall–Kier alpha value is -1.95. The van der Waals surface area contributed by atoms with Gasteiger partial charge in [0.2, 0.25) is 0 Å². The molecule has 0 N–H and O–H groups in total. The monoisotopic (exact) mass is 215 g/mol. The highest BCUT2D eigenvalue weighted by atomic mass is 16.6. The van der Waals surface area contributed by atoms with Gasteiger partial charge in [0.1, 0.15) is 13.2 Å². The molecule has 1 heterocycles. The first kappa shape index (κ1) is 10.6. The maximum atomic E-state index is 9.02. The normalized spacial score (nSPS) is 14.4. The largest absolute Gasteiger partial charge is 0.486 e. The predicted octanol–water partition coefficient (Wildman–Crippen LogP) is 2.77. The fraction of sp³-hybridized carbons (Fsp3) is 0.308. The van der Waals surface area contributed by atoms with Crippen LogP contribution < -0.4 is 9.47 Å². The van der Waals surface area contributed by atoms with Crippen molar-refractivity contribution in [2.45, 2.75) is 13.3 Å². The van der Waals surface area contributed by atoms with E-state index in [1.165, 1.54) is 0 Å². The molecule has 0 saturated heterocycles. The van der Waals surface area contributed by atoms with E-state index in [0.717, 1.165) is 23.5 Å². The van der Waals surface area contributed by atoms with Crippen LogP contribution >= 0.6 is 0 Å². The standard InChI is InChI=1S/C13H13NO2/c1-2-3-11(9-14)10-4-5-12-13(8-10)16-7-6-15-12/h3-5,8H,2,6-7H2,1H3/b11-3+. The number of nitriles is 1. The topological polar surface area (TPSA) is 42.2 Å². The maximum absolute atomic E-state index is 9.02. The fourth-order valence-corrected chi connectivity index (χ4v) is 1.64. The van der Waals surface area contributed by atoms with Crippen molar-refractivity contribution < 1.29 is 9.47 Å². The average molecular weight is 215 g/mol. The Labute approximate surface area is 94.9 Å². The third kappa shape index (κ3) is 2.01. The van der Waals surface area contributed by atoms with Crippen molar-refractivity contribution >= 4 is 5.57 Å². The van der Waals surface area contributed by atoms with Crippen molar-refractivity contribution in [3.63, 3.8) is 0 Å². The van der Waals surface area contributed by atoms with Crippen LogP contribution in [0.4, 0.5) is 0 Å². The van der Waals surface area contributed by atoms with Crippen LogP contribution in [-0.4, -0.2) is 13.2 Å². The summed E-state index contributed by atoms with van der Waals surface area (Å²) in [6.07, 6.45) is 2.75. The van der Waals surface area contributed by atoms with Crippen molar-refractivity contribution in [3.8, 4) is 17.6 Å². The van der Waals surface area contributed by atoms with E-state index in [-0.39, 0.29) is 0 Å². The van der Waals surface area contributed by atoms with E-state index in [0.29, 0.717) is 18.8 Å². The molecule has 1 aromatic rings. The van der Waals surface area contributed by atoms with Crippen molar-refractivity contribution in [1.82, 2.24) is 0 Å². The van der Waals surface area contributed by atoms with E-state index < -0.39 is 0 Å². The van der Waals surface area contributed by atoms with Gasteiger partial charge < -0.3 is 9.47 Å². The molecule has 3 heteroatoms. The number of allylic oxidation sites excluding steroid dienone is 2. The average Bonchev–Trinajstić information content (AvgIpc) is 2.35. The summed E-state index contributed by atoms with van der Waals surface area (Å²) in [6.45, 7) is 3.16. The van der Waals surface area contributed by atoms with Crippen LogP contribution in [-0.2, 0) is 0 Å². The van der Waals surface area contributed by atoms with Crippen LogP contribution in [0.15, 0.2) is 24.3 Å². The molecule has 0 radical (unpaired) electrons. The minimum atomic E-state index is 0.565. The second-order valence-corrected chi connectivity index (χ2v) is 3.50. The van der Waals surface area contributed by atoms with Gasteiger partial charge in [-0.2, -0.15) is 5.26 Å². The summed E-state index contributed by atoms with van der Waals surface area (Å²) in [6, 6.07) is 7.79. The number of rotatable bonds is 2. The zero-order valence-electron chi connectivity index (χ0n) is 9.19. The molecular weight excluding hydrogens is 202 g/mol. The van der Waals surface area contributed by atoms with E-state index in [1.807, 2.05) is 31.2 Å². The number of hydrogen-bond acceptors (Lipinski definition) is 3. The van der Waals surface area contributed by atoms with E-state index in [9.17, 15) is 0 Å². The van der Waals surface area contributed by atoms with Gasteiger partial charge in [-0.15, -0.1) is 0 Å². The van der Waals surface area contributed by atoms with Crippen LogP contribution in [0.25, 0.3) is 5.57 Å². The van der Waals surface area contributed by atoms with Crippen molar-refractivity contribution in [3.05, 3.63) is 29.8 Å². The zero-order valence-corrected chi connectivity index (χ0v) is 9.19. The molecule has 0 aliphatic carbocycles. The lowest BCUT2D eigenvalue weighted by molar-refractivity contribution is 0.171. The van der Waals surface area contributed by atoms with E-state index in [4.69, 9.17) is 14.7 Å². The van der Waals surface area contributed by atoms with Gasteiger partial charge in [-0.1, -0.05) is 13.0 Å². The summed E-state index contributed by atoms with van der Waals surface area (Å²) in [5.41, 5.74) is 1.56. The lowest BCUT2D eigenvalue weighted by atomic mass is 10.1. The van der Waals surface area contributed by atoms with Crippen molar-refractivity contribution in [2.75, 3.05) is 13.2 Å². The second kappa shape index (κ2) is 4.71. The molecule has 0 fully saturated rings. The smallest absolute Gasteiger partial charge is 0.162 e. The third-order valence-corrected chi connectivity index (χ3v) is 2.38. The summed E-state index contributed by atoms with van der Waals surface area (Å²) in [5.74, 6) is 1.48. The highest BCUT2D eigenvalue weighted by Crippen LogP contribution is 2.32. The van der Waals surface area contributed by atoms with Crippen LogP contribution in [0.3, 0.4) is 0 Å². The fourth-order valence-electron chi connectivity index (χ4n) is 1.64. The molecule has 0 spiro atoms. The molecule has 0 bridgehead atoms. The summed E-state index contributed by atoms with van der Waals surface area (Å²) in [4.78, 5) is 0. The Bertz CT molecular complexity index is 457. The van der Waals surface area contributed by atoms with Gasteiger partial charge in [0.15, 0.2) is 11.5 Å². The Morgan fingerprint density at radius 3 is 2.81 bits per heavy atom. The van der Waals surface area contributed by atoms with Crippen molar-refractivity contribution in [1.29, 1.82) is 5.26 Å². The SMILES string of the molecule is CC/C=C(\C#N)c1ccc2c(c1)OCCO2. The molecule has 1 aliphatic heterocycles. The summed E-state index contributed by atoms with van der Waals surface area (Å²) in [7, 11) is 0. The van der Waals surface area contributed by atoms with Gasteiger partial charge >= 0.3 is 0 Å². The van der Waals surface area contributed by atoms with Gasteiger partial charge in [-0.05, 0) is 30.2 Å². The van der Waals surface area contributed by atoms with Crippen LogP contribution in [0.2, 0.25) is 0 Å². The Morgan fingerprint density at radius 1 is 1.38 bits per heavy atom. The minimum absolute atomic E-state index is 0.565. The van der Waals surface area contributed by atoms with Crippen molar-refractivity contribution in [2.24, 2.45) is 0 Å². The Balaban J connectivity index is 2.37. The molecule has 1 aromatic carbocycles. The van der Waals surface area contributed by atoms with Gasteiger partial charge in [0.25, 0.3) is 0 Å². The maximum Gasteiger partial charge on any atom is 0.162 e. The molecular formula is C13H13NO2. The van der Waals surface area contributed by atoms with Gasteiger partial charge in [-0.3, -0.25) is 0 Å². The van der Waals surface area contributed by atoms with Gasteiger partial charge in [-0.25, -0.2) is 0 Å². The van der Waals surface area contributed by atoms with Crippen LogP contribution in [0.1, 0.15) is 18.9 Å². The number of fused-ring (bicyclic) bond motifs is 1. The molecule has 0 aromatic heterocycles. The first-order valence-corrected chi connectivity index (χ1v) is 5.35. The first-order chi connectivity index (χ1) is 7.85. The van der Waals surface area contributed by atoms with E-state index in [2.05, 4.69) is 6.07 Å². The lowest BCUT2D eigenvalue weighted by Crippen LogP contribution is -2.15. The van der Waals surface area contributed by atoms with E-state index in [1.54, 1.807) is 0 Å². The van der Waals surface area contributed by atoms with E-state index >= 15 is 0 Å². The molecule has 2 rings (SSSR count). The predicted molar refractivity (Wildman–Crippen MR) is 61.3 cm³/mol. The number of hydrogen-bond donors (Lipinski definition) is 0. The van der Waals surface area contributed by atoms with Crippen LogP contribution in [0.5, 0.6) is 11.5 Å². The molecule has 0 unspecified atom stereocenters. The Morgan fingerprint density at radius 2 is 2.12 bits per heavy atom. The first-order valence-electron chi connectivity index (χ1n) is 5.35. The molecule has 3 nitrogen and oxygen atoms in total. The molecule has 0 saturated carbocycles. The number of nitrogens with zero attached hydrogens (tertiary/aromatic N) is 1. The zero-order chi connectivity index (χ0) is 11.4. The number of ether oxygens (including phenoxy) is 2. The summed E-state index contributed by atoms with van der Waals surface area (Å²) >= 11 is 0.